The third-order valence-corrected chi connectivity index (χ3v) is 4.58. The van der Waals surface area contributed by atoms with Gasteiger partial charge in [-0.05, 0) is 36.5 Å². The van der Waals surface area contributed by atoms with E-state index >= 15 is 0 Å². The molecular weight excluding hydrogens is 324 g/mol. The van der Waals surface area contributed by atoms with E-state index in [0.717, 1.165) is 39.4 Å². The lowest BCUT2D eigenvalue weighted by Gasteiger charge is -2.24. The predicted octanol–water partition coefficient (Wildman–Crippen LogP) is -1.46. The van der Waals surface area contributed by atoms with Crippen LogP contribution in [0.4, 0.5) is 5.69 Å². The molecule has 1 saturated heterocycles. The van der Waals surface area contributed by atoms with Gasteiger partial charge in [-0.3, -0.25) is 0 Å². The lowest BCUT2D eigenvalue weighted by molar-refractivity contribution is -0.906. The number of nitrogens with two attached hydrogens (primary N) is 1. The van der Waals surface area contributed by atoms with Gasteiger partial charge in [0.1, 0.15) is 13.1 Å². The number of hydrogen-bond acceptors (Lipinski definition) is 4. The number of quaternary nitrogens is 1. The number of thiocarbonyl (C=S) groups is 1. The van der Waals surface area contributed by atoms with Crippen LogP contribution in [-0.4, -0.2) is 52.9 Å². The van der Waals surface area contributed by atoms with E-state index in [2.05, 4.69) is 10.6 Å². The van der Waals surface area contributed by atoms with Crippen molar-refractivity contribution in [3.05, 3.63) is 24.3 Å². The molecule has 1 fully saturated rings. The number of ether oxygens (including phenoxy) is 1. The second-order valence-corrected chi connectivity index (χ2v) is 7.03. The number of sulfonamides is 1. The summed E-state index contributed by atoms with van der Waals surface area (Å²) in [4.78, 5) is 1.58. The van der Waals surface area contributed by atoms with Gasteiger partial charge < -0.3 is 20.3 Å². The van der Waals surface area contributed by atoms with Gasteiger partial charge in [-0.15, -0.1) is 0 Å². The fourth-order valence-electron chi connectivity index (χ4n) is 2.17. The molecule has 0 amide bonds. The number of rotatable bonds is 5. The van der Waals surface area contributed by atoms with Crippen LogP contribution in [0.15, 0.2) is 29.2 Å². The second-order valence-electron chi connectivity index (χ2n) is 5.06. The summed E-state index contributed by atoms with van der Waals surface area (Å²) < 4.78 is 27.6. The summed E-state index contributed by atoms with van der Waals surface area (Å²) >= 11 is 5.21. The van der Waals surface area contributed by atoms with Gasteiger partial charge in [-0.1, -0.05) is 0 Å². The maximum atomic E-state index is 11.2. The van der Waals surface area contributed by atoms with Crippen LogP contribution in [-0.2, 0) is 14.8 Å². The quantitative estimate of drug-likeness (QED) is 0.487. The van der Waals surface area contributed by atoms with Crippen molar-refractivity contribution in [1.29, 1.82) is 0 Å². The normalized spacial score (nSPS) is 16.2. The lowest BCUT2D eigenvalue weighted by Crippen LogP contribution is -3.14. The Morgan fingerprint density at radius 1 is 1.27 bits per heavy atom. The summed E-state index contributed by atoms with van der Waals surface area (Å²) in [6.45, 7) is 5.43. The van der Waals surface area contributed by atoms with Crippen LogP contribution < -0.4 is 20.7 Å². The van der Waals surface area contributed by atoms with E-state index in [1.807, 2.05) is 0 Å². The average molecular weight is 345 g/mol. The molecule has 9 heteroatoms. The highest BCUT2D eigenvalue weighted by molar-refractivity contribution is 7.89. The minimum atomic E-state index is -3.66. The van der Waals surface area contributed by atoms with Crippen molar-refractivity contribution in [2.45, 2.75) is 4.90 Å². The van der Waals surface area contributed by atoms with Crippen molar-refractivity contribution < 1.29 is 18.1 Å². The molecule has 0 atom stereocenters. The summed E-state index contributed by atoms with van der Waals surface area (Å²) in [6, 6.07) is 6.14. The van der Waals surface area contributed by atoms with Gasteiger partial charge in [0.25, 0.3) is 0 Å². The molecule has 0 saturated carbocycles. The van der Waals surface area contributed by atoms with Gasteiger partial charge in [-0.2, -0.15) is 0 Å². The zero-order chi connectivity index (χ0) is 16.0. The van der Waals surface area contributed by atoms with Crippen LogP contribution in [0.1, 0.15) is 0 Å². The van der Waals surface area contributed by atoms with Crippen LogP contribution in [0.3, 0.4) is 0 Å². The van der Waals surface area contributed by atoms with Crippen molar-refractivity contribution in [3.8, 4) is 0 Å². The molecule has 0 bridgehead atoms. The third kappa shape index (κ3) is 5.50. The first-order chi connectivity index (χ1) is 10.4. The maximum absolute atomic E-state index is 11.2. The third-order valence-electron chi connectivity index (χ3n) is 3.40. The Morgan fingerprint density at radius 2 is 1.91 bits per heavy atom. The summed E-state index contributed by atoms with van der Waals surface area (Å²) in [7, 11) is -3.66. The van der Waals surface area contributed by atoms with E-state index in [0.29, 0.717) is 10.8 Å². The Hall–Kier alpha value is -1.26. The Labute approximate surface area is 135 Å². The number of hydrogen-bond donors (Lipinski definition) is 4. The Bertz CT molecular complexity index is 598. The monoisotopic (exact) mass is 345 g/mol. The van der Waals surface area contributed by atoms with Gasteiger partial charge in [0.15, 0.2) is 5.11 Å². The largest absolute Gasteiger partial charge is 0.370 e. The molecule has 122 valence electrons. The van der Waals surface area contributed by atoms with Crippen molar-refractivity contribution in [3.63, 3.8) is 0 Å². The fourth-order valence-corrected chi connectivity index (χ4v) is 2.90. The van der Waals surface area contributed by atoms with Gasteiger partial charge in [0.05, 0.1) is 31.2 Å². The molecule has 0 unspecified atom stereocenters. The number of benzene rings is 1. The van der Waals surface area contributed by atoms with Crippen molar-refractivity contribution in [1.82, 2.24) is 5.32 Å². The van der Waals surface area contributed by atoms with Crippen molar-refractivity contribution in [2.24, 2.45) is 5.14 Å². The zero-order valence-corrected chi connectivity index (χ0v) is 13.8. The number of anilines is 1. The van der Waals surface area contributed by atoms with E-state index in [1.54, 1.807) is 12.1 Å². The summed E-state index contributed by atoms with van der Waals surface area (Å²) in [6.07, 6.45) is 0. The highest BCUT2D eigenvalue weighted by Gasteiger charge is 2.13. The molecule has 2 rings (SSSR count). The minimum Gasteiger partial charge on any atom is -0.370 e. The van der Waals surface area contributed by atoms with Gasteiger partial charge >= 0.3 is 0 Å². The molecular formula is C13H21N4O3S2+. The van der Waals surface area contributed by atoms with Gasteiger partial charge in [0, 0.05) is 5.69 Å². The molecule has 0 spiro atoms. The molecule has 0 radical (unpaired) electrons. The SMILES string of the molecule is NS(=O)(=O)c1ccc(NC(=S)NCC[NH+]2CCOCC2)cc1. The topological polar surface area (TPSA) is 97.9 Å². The molecule has 1 aliphatic heterocycles. The Kier molecular flexibility index (Phi) is 6.09. The Balaban J connectivity index is 1.74. The lowest BCUT2D eigenvalue weighted by atomic mass is 10.3. The molecule has 7 nitrogen and oxygen atoms in total. The van der Waals surface area contributed by atoms with E-state index < -0.39 is 10.0 Å². The summed E-state index contributed by atoms with van der Waals surface area (Å²) in [5, 5.41) is 11.7. The molecule has 1 aliphatic rings. The van der Waals surface area contributed by atoms with Crippen LogP contribution in [0.2, 0.25) is 0 Å². The summed E-state index contributed by atoms with van der Waals surface area (Å²) in [5.41, 5.74) is 0.712. The van der Waals surface area contributed by atoms with Gasteiger partial charge in [-0.25, -0.2) is 13.6 Å². The summed E-state index contributed by atoms with van der Waals surface area (Å²) in [5.74, 6) is 0. The average Bonchev–Trinajstić information content (AvgIpc) is 2.48. The van der Waals surface area contributed by atoms with Crippen molar-refractivity contribution >= 4 is 33.0 Å². The number of primary sulfonamides is 1. The fraction of sp³-hybridized carbons (Fsp3) is 0.462. The maximum Gasteiger partial charge on any atom is 0.238 e. The van der Waals surface area contributed by atoms with Crippen LogP contribution in [0.5, 0.6) is 0 Å². The minimum absolute atomic E-state index is 0.0767. The molecule has 1 aromatic carbocycles. The van der Waals surface area contributed by atoms with E-state index in [9.17, 15) is 8.42 Å². The molecule has 1 aromatic rings. The Morgan fingerprint density at radius 3 is 2.50 bits per heavy atom. The molecule has 0 aliphatic carbocycles. The molecule has 1 heterocycles. The highest BCUT2D eigenvalue weighted by atomic mass is 32.2. The smallest absolute Gasteiger partial charge is 0.238 e. The zero-order valence-electron chi connectivity index (χ0n) is 12.2. The molecule has 0 aromatic heterocycles. The highest BCUT2D eigenvalue weighted by Crippen LogP contribution is 2.12. The second kappa shape index (κ2) is 7.84. The molecule has 22 heavy (non-hydrogen) atoms. The first-order valence-electron chi connectivity index (χ1n) is 7.04. The number of nitrogens with one attached hydrogen (secondary N) is 3. The first kappa shape index (κ1) is 17.1. The standard InChI is InChI=1S/C13H20N4O3S2/c14-22(18,19)12-3-1-11(2-4-12)16-13(21)15-5-6-17-7-9-20-10-8-17/h1-4H,5-10H2,(H2,14,18,19)(H2,15,16,21)/p+1. The van der Waals surface area contributed by atoms with E-state index in [4.69, 9.17) is 22.1 Å². The van der Waals surface area contributed by atoms with Gasteiger partial charge in [0.2, 0.25) is 10.0 Å². The van der Waals surface area contributed by atoms with Crippen molar-refractivity contribution in [2.75, 3.05) is 44.7 Å². The van der Waals surface area contributed by atoms with E-state index in [1.165, 1.54) is 17.0 Å². The number of morpholine rings is 1. The predicted molar refractivity (Wildman–Crippen MR) is 88.4 cm³/mol. The van der Waals surface area contributed by atoms with E-state index in [-0.39, 0.29) is 4.90 Å². The first-order valence-corrected chi connectivity index (χ1v) is 8.99. The van der Waals surface area contributed by atoms with Crippen LogP contribution in [0, 0.1) is 0 Å². The van der Waals surface area contributed by atoms with Crippen LogP contribution >= 0.6 is 12.2 Å². The molecule has 5 N–H and O–H groups in total. The van der Waals surface area contributed by atoms with Crippen LogP contribution in [0.25, 0.3) is 0 Å².